The Hall–Kier alpha value is -3.29. The van der Waals surface area contributed by atoms with E-state index in [1.165, 1.54) is 12.1 Å². The third kappa shape index (κ3) is 5.05. The fourth-order valence-corrected chi connectivity index (χ4v) is 4.44. The largest absolute Gasteiger partial charge is 0.493 e. The summed E-state index contributed by atoms with van der Waals surface area (Å²) in [4.78, 5) is 1.90. The second-order valence-electron chi connectivity index (χ2n) is 8.28. The average Bonchev–Trinajstić information content (AvgIpc) is 3.32. The zero-order chi connectivity index (χ0) is 22.6. The average molecular weight is 451 g/mol. The molecule has 0 amide bonds. The van der Waals surface area contributed by atoms with Crippen LogP contribution >= 0.6 is 0 Å². The van der Waals surface area contributed by atoms with Gasteiger partial charge in [-0.15, -0.1) is 0 Å². The minimum absolute atomic E-state index is 0.0589. The summed E-state index contributed by atoms with van der Waals surface area (Å²) in [6.45, 7) is 1.86. The number of halogens is 1. The number of benzene rings is 3. The summed E-state index contributed by atoms with van der Waals surface area (Å²) in [5.74, 6) is 2.64. The molecular weight excluding hydrogens is 425 g/mol. The van der Waals surface area contributed by atoms with Crippen molar-refractivity contribution in [1.82, 2.24) is 4.90 Å². The van der Waals surface area contributed by atoms with Crippen molar-refractivity contribution in [3.05, 3.63) is 84.2 Å². The minimum Gasteiger partial charge on any atom is -0.493 e. The lowest BCUT2D eigenvalue weighted by atomic mass is 9.81. The van der Waals surface area contributed by atoms with E-state index < -0.39 is 6.41 Å². The molecule has 1 fully saturated rings. The third-order valence-electron chi connectivity index (χ3n) is 6.17. The van der Waals surface area contributed by atoms with E-state index in [1.807, 2.05) is 65.6 Å². The van der Waals surface area contributed by atoms with Crippen LogP contribution in [0.25, 0.3) is 0 Å². The Labute approximate surface area is 192 Å². The number of ether oxygens (including phenoxy) is 4. The Morgan fingerprint density at radius 1 is 0.970 bits per heavy atom. The molecule has 7 heteroatoms. The molecule has 0 radical (unpaired) electrons. The number of hydrogen-bond acceptors (Lipinski definition) is 6. The molecule has 3 aromatic carbocycles. The number of piperidine rings is 1. The lowest BCUT2D eigenvalue weighted by molar-refractivity contribution is -0.151. The van der Waals surface area contributed by atoms with Crippen molar-refractivity contribution in [2.75, 3.05) is 26.5 Å². The van der Waals surface area contributed by atoms with Crippen LogP contribution in [0.5, 0.6) is 23.0 Å². The highest BCUT2D eigenvalue weighted by molar-refractivity contribution is 5.46. The molecule has 0 aromatic heterocycles. The molecule has 1 unspecified atom stereocenters. The van der Waals surface area contributed by atoms with Crippen molar-refractivity contribution < 1.29 is 28.4 Å². The number of rotatable bonds is 7. The predicted molar refractivity (Wildman–Crippen MR) is 120 cm³/mol. The molecule has 3 atom stereocenters. The second kappa shape index (κ2) is 9.68. The molecule has 6 nitrogen and oxygen atoms in total. The van der Waals surface area contributed by atoms with E-state index in [4.69, 9.17) is 18.9 Å². The first-order chi connectivity index (χ1) is 16.2. The number of hydrogen-bond donors (Lipinski definition) is 1. The summed E-state index contributed by atoms with van der Waals surface area (Å²) in [6, 6.07) is 21.4. The van der Waals surface area contributed by atoms with E-state index in [0.29, 0.717) is 42.7 Å². The third-order valence-corrected chi connectivity index (χ3v) is 6.17. The van der Waals surface area contributed by atoms with Gasteiger partial charge in [-0.25, -0.2) is 9.29 Å². The van der Waals surface area contributed by atoms with Crippen LogP contribution in [0.15, 0.2) is 72.8 Å². The maximum atomic E-state index is 13.5. The molecule has 3 aromatic rings. The highest BCUT2D eigenvalue weighted by Gasteiger charge is 2.34. The summed E-state index contributed by atoms with van der Waals surface area (Å²) < 4.78 is 36.2. The summed E-state index contributed by atoms with van der Waals surface area (Å²) in [5.41, 5.74) is 1.06. The van der Waals surface area contributed by atoms with Gasteiger partial charge in [0.05, 0.1) is 6.61 Å². The zero-order valence-corrected chi connectivity index (χ0v) is 18.1. The number of nitrogens with zero attached hydrogens (tertiary/aromatic N) is 1. The van der Waals surface area contributed by atoms with Crippen LogP contribution in [0.1, 0.15) is 17.9 Å². The van der Waals surface area contributed by atoms with Crippen LogP contribution in [0.4, 0.5) is 4.39 Å². The number of para-hydroxylation sites is 1. The Morgan fingerprint density at radius 3 is 2.58 bits per heavy atom. The van der Waals surface area contributed by atoms with Gasteiger partial charge < -0.3 is 24.1 Å². The Kier molecular flexibility index (Phi) is 6.32. The highest BCUT2D eigenvalue weighted by atomic mass is 19.1. The fourth-order valence-electron chi connectivity index (χ4n) is 4.44. The van der Waals surface area contributed by atoms with Crippen LogP contribution in [0.2, 0.25) is 0 Å². The van der Waals surface area contributed by atoms with Crippen molar-refractivity contribution in [1.29, 1.82) is 0 Å². The van der Waals surface area contributed by atoms with Crippen molar-refractivity contribution in [2.45, 2.75) is 18.8 Å². The number of fused-ring (bicyclic) bond motifs is 1. The molecule has 33 heavy (non-hydrogen) atoms. The highest BCUT2D eigenvalue weighted by Crippen LogP contribution is 2.37. The molecule has 2 aliphatic heterocycles. The number of likely N-dealkylation sites (tertiary alicyclic amines) is 1. The first-order valence-corrected chi connectivity index (χ1v) is 11.1. The van der Waals surface area contributed by atoms with Gasteiger partial charge in [0.2, 0.25) is 6.79 Å². The molecular formula is C26H26FNO5. The SMILES string of the molecule is OC(Oc1ccccc1)N1CC[C@@H](c2ccc(F)cc2)[C@H](COc2ccc3c(c2)OCO3)C1. The monoisotopic (exact) mass is 451 g/mol. The lowest BCUT2D eigenvalue weighted by Crippen LogP contribution is -2.49. The molecule has 0 spiro atoms. The standard InChI is InChI=1S/C26H26FNO5/c27-20-8-6-18(7-9-20)23-12-13-28(26(29)33-21-4-2-1-3-5-21)15-19(23)16-30-22-10-11-24-25(14-22)32-17-31-24/h1-11,14,19,23,26,29H,12-13,15-17H2/t19-,23-,26?/m0/s1. The topological polar surface area (TPSA) is 60.4 Å². The molecule has 0 saturated carbocycles. The van der Waals surface area contributed by atoms with Crippen LogP contribution in [-0.2, 0) is 0 Å². The number of aliphatic hydroxyl groups is 1. The molecule has 0 aliphatic carbocycles. The van der Waals surface area contributed by atoms with E-state index in [2.05, 4.69) is 0 Å². The van der Waals surface area contributed by atoms with Crippen molar-refractivity contribution >= 4 is 0 Å². The van der Waals surface area contributed by atoms with Crippen molar-refractivity contribution in [3.8, 4) is 23.0 Å². The molecule has 5 rings (SSSR count). The van der Waals surface area contributed by atoms with Gasteiger partial charge in [0.1, 0.15) is 17.3 Å². The van der Waals surface area contributed by atoms with E-state index in [-0.39, 0.29) is 24.4 Å². The lowest BCUT2D eigenvalue weighted by Gasteiger charge is -2.40. The van der Waals surface area contributed by atoms with Crippen LogP contribution < -0.4 is 18.9 Å². The van der Waals surface area contributed by atoms with Crippen LogP contribution in [-0.4, -0.2) is 42.9 Å². The van der Waals surface area contributed by atoms with E-state index in [9.17, 15) is 9.50 Å². The van der Waals surface area contributed by atoms with Gasteiger partial charge in [-0.1, -0.05) is 30.3 Å². The van der Waals surface area contributed by atoms with E-state index >= 15 is 0 Å². The first-order valence-electron chi connectivity index (χ1n) is 11.1. The maximum Gasteiger partial charge on any atom is 0.259 e. The van der Waals surface area contributed by atoms with Gasteiger partial charge >= 0.3 is 0 Å². The van der Waals surface area contributed by atoms with Gasteiger partial charge in [-0.2, -0.15) is 0 Å². The van der Waals surface area contributed by atoms with Crippen molar-refractivity contribution in [2.24, 2.45) is 5.92 Å². The maximum absolute atomic E-state index is 13.5. The molecule has 1 N–H and O–H groups in total. The molecule has 172 valence electrons. The fraction of sp³-hybridized carbons (Fsp3) is 0.308. The number of aliphatic hydroxyl groups excluding tert-OH is 1. The van der Waals surface area contributed by atoms with E-state index in [0.717, 1.165) is 12.0 Å². The van der Waals surface area contributed by atoms with Gasteiger partial charge in [-0.05, 0) is 54.3 Å². The Balaban J connectivity index is 1.30. The minimum atomic E-state index is -1.06. The summed E-state index contributed by atoms with van der Waals surface area (Å²) >= 11 is 0. The van der Waals surface area contributed by atoms with Gasteiger partial charge in [0.25, 0.3) is 6.41 Å². The van der Waals surface area contributed by atoms with Crippen LogP contribution in [0.3, 0.4) is 0 Å². The normalized spacial score (nSPS) is 20.9. The first kappa shape index (κ1) is 21.6. The Bertz CT molecular complexity index is 1060. The van der Waals surface area contributed by atoms with Gasteiger partial charge in [-0.3, -0.25) is 0 Å². The van der Waals surface area contributed by atoms with Crippen LogP contribution in [0, 0.1) is 11.7 Å². The van der Waals surface area contributed by atoms with Gasteiger partial charge in [0.15, 0.2) is 11.5 Å². The smallest absolute Gasteiger partial charge is 0.259 e. The predicted octanol–water partition coefficient (Wildman–Crippen LogP) is 4.39. The second-order valence-corrected chi connectivity index (χ2v) is 8.28. The zero-order valence-electron chi connectivity index (χ0n) is 18.1. The van der Waals surface area contributed by atoms with Crippen molar-refractivity contribution in [3.63, 3.8) is 0 Å². The quantitative estimate of drug-likeness (QED) is 0.538. The molecule has 0 bridgehead atoms. The van der Waals surface area contributed by atoms with E-state index in [1.54, 1.807) is 0 Å². The summed E-state index contributed by atoms with van der Waals surface area (Å²) in [7, 11) is 0. The Morgan fingerprint density at radius 2 is 1.76 bits per heavy atom. The summed E-state index contributed by atoms with van der Waals surface area (Å²) in [5, 5.41) is 10.7. The van der Waals surface area contributed by atoms with Gasteiger partial charge in [0, 0.05) is 25.1 Å². The molecule has 2 heterocycles. The molecule has 1 saturated heterocycles. The summed E-state index contributed by atoms with van der Waals surface area (Å²) in [6.07, 6.45) is -0.273. The molecule has 2 aliphatic rings.